The summed E-state index contributed by atoms with van der Waals surface area (Å²) in [7, 11) is 0. The molecular formula is C11H10Cl2N2O2. The van der Waals surface area contributed by atoms with Gasteiger partial charge < -0.3 is 9.26 Å². The second-order valence-corrected chi connectivity index (χ2v) is 4.16. The van der Waals surface area contributed by atoms with Gasteiger partial charge in [0, 0.05) is 17.5 Å². The first-order valence-corrected chi connectivity index (χ1v) is 5.84. The summed E-state index contributed by atoms with van der Waals surface area (Å²) in [5.74, 6) is 1.57. The Balaban J connectivity index is 2.04. The fraction of sp³-hybridized carbons (Fsp3) is 0.273. The molecule has 0 amide bonds. The first-order valence-electron chi connectivity index (χ1n) is 5.08. The van der Waals surface area contributed by atoms with Crippen molar-refractivity contribution in [2.75, 3.05) is 0 Å². The van der Waals surface area contributed by atoms with Crippen LogP contribution in [-0.4, -0.2) is 10.1 Å². The minimum atomic E-state index is 0.198. The average molecular weight is 273 g/mol. The van der Waals surface area contributed by atoms with E-state index in [1.165, 1.54) is 0 Å². The second kappa shape index (κ2) is 5.38. The van der Waals surface area contributed by atoms with Gasteiger partial charge in [0.1, 0.15) is 5.75 Å². The van der Waals surface area contributed by atoms with E-state index in [-0.39, 0.29) is 6.61 Å². The van der Waals surface area contributed by atoms with E-state index in [4.69, 9.17) is 32.5 Å². The van der Waals surface area contributed by atoms with Gasteiger partial charge in [-0.05, 0) is 12.1 Å². The molecule has 90 valence electrons. The van der Waals surface area contributed by atoms with E-state index in [0.717, 1.165) is 0 Å². The first-order chi connectivity index (χ1) is 8.19. The number of benzene rings is 1. The Bertz CT molecular complexity index is 514. The summed E-state index contributed by atoms with van der Waals surface area (Å²) in [6, 6.07) is 5.01. The Morgan fingerprint density at radius 2 is 2.18 bits per heavy atom. The molecule has 0 aliphatic heterocycles. The molecule has 1 aromatic heterocycles. The van der Waals surface area contributed by atoms with Crippen LogP contribution >= 0.6 is 23.2 Å². The van der Waals surface area contributed by atoms with Crippen LogP contribution in [0.15, 0.2) is 22.7 Å². The molecule has 0 saturated carbocycles. The summed E-state index contributed by atoms with van der Waals surface area (Å²) in [5, 5.41) is 4.82. The molecule has 0 aliphatic rings. The quantitative estimate of drug-likeness (QED) is 0.855. The van der Waals surface area contributed by atoms with Crippen molar-refractivity contribution in [1.29, 1.82) is 0 Å². The molecule has 6 heteroatoms. The van der Waals surface area contributed by atoms with E-state index < -0.39 is 0 Å². The standard InChI is InChI=1S/C11H10Cl2N2O2/c1-2-11-14-10(15-17-11)6-16-9-5-7(12)3-4-8(9)13/h3-5H,2,6H2,1H3. The van der Waals surface area contributed by atoms with Crippen LogP contribution in [0.1, 0.15) is 18.6 Å². The summed E-state index contributed by atoms with van der Waals surface area (Å²) < 4.78 is 10.4. The third-order valence-electron chi connectivity index (χ3n) is 2.06. The van der Waals surface area contributed by atoms with Gasteiger partial charge in [0.25, 0.3) is 0 Å². The molecule has 0 atom stereocenters. The molecule has 2 aromatic rings. The molecule has 1 heterocycles. The number of hydrogen-bond donors (Lipinski definition) is 0. The molecular weight excluding hydrogens is 263 g/mol. The van der Waals surface area contributed by atoms with E-state index in [1.807, 2.05) is 6.92 Å². The molecule has 0 radical (unpaired) electrons. The van der Waals surface area contributed by atoms with Crippen LogP contribution in [0.2, 0.25) is 10.0 Å². The lowest BCUT2D eigenvalue weighted by molar-refractivity contribution is 0.285. The van der Waals surface area contributed by atoms with Crippen molar-refractivity contribution >= 4 is 23.2 Å². The topological polar surface area (TPSA) is 48.2 Å². The summed E-state index contributed by atoms with van der Waals surface area (Å²) in [5.41, 5.74) is 0. The largest absolute Gasteiger partial charge is 0.484 e. The van der Waals surface area contributed by atoms with Crippen LogP contribution in [0.4, 0.5) is 0 Å². The number of aromatic nitrogens is 2. The third kappa shape index (κ3) is 3.11. The van der Waals surface area contributed by atoms with Crippen molar-refractivity contribution in [2.45, 2.75) is 20.0 Å². The van der Waals surface area contributed by atoms with Gasteiger partial charge >= 0.3 is 0 Å². The number of aryl methyl sites for hydroxylation is 1. The molecule has 17 heavy (non-hydrogen) atoms. The average Bonchev–Trinajstić information content (AvgIpc) is 2.78. The smallest absolute Gasteiger partial charge is 0.226 e. The van der Waals surface area contributed by atoms with Gasteiger partial charge in [-0.2, -0.15) is 4.98 Å². The highest BCUT2D eigenvalue weighted by molar-refractivity contribution is 6.34. The minimum absolute atomic E-state index is 0.198. The number of ether oxygens (including phenoxy) is 1. The van der Waals surface area contributed by atoms with Crippen molar-refractivity contribution in [1.82, 2.24) is 10.1 Å². The maximum atomic E-state index is 5.95. The molecule has 0 unspecified atom stereocenters. The highest BCUT2D eigenvalue weighted by atomic mass is 35.5. The fourth-order valence-electron chi connectivity index (χ4n) is 1.22. The molecule has 0 bridgehead atoms. The Morgan fingerprint density at radius 3 is 2.88 bits per heavy atom. The predicted octanol–water partition coefficient (Wildman–Crippen LogP) is 3.52. The fourth-order valence-corrected chi connectivity index (χ4v) is 1.56. The zero-order valence-corrected chi connectivity index (χ0v) is 10.6. The summed E-state index contributed by atoms with van der Waals surface area (Å²) in [4.78, 5) is 4.12. The van der Waals surface area contributed by atoms with Crippen LogP contribution in [-0.2, 0) is 13.0 Å². The van der Waals surface area contributed by atoms with Gasteiger partial charge in [-0.1, -0.05) is 35.3 Å². The predicted molar refractivity (Wildman–Crippen MR) is 64.5 cm³/mol. The van der Waals surface area contributed by atoms with Crippen LogP contribution in [0.5, 0.6) is 5.75 Å². The molecule has 0 aliphatic carbocycles. The SMILES string of the molecule is CCc1nc(COc2cc(Cl)ccc2Cl)no1. The lowest BCUT2D eigenvalue weighted by atomic mass is 10.3. The van der Waals surface area contributed by atoms with Crippen molar-refractivity contribution in [3.05, 3.63) is 40.0 Å². The molecule has 2 rings (SSSR count). The monoisotopic (exact) mass is 272 g/mol. The molecule has 0 N–H and O–H groups in total. The van der Waals surface area contributed by atoms with Gasteiger partial charge in [0.05, 0.1) is 5.02 Å². The zero-order valence-electron chi connectivity index (χ0n) is 9.11. The van der Waals surface area contributed by atoms with E-state index >= 15 is 0 Å². The Kier molecular flexibility index (Phi) is 3.86. The number of rotatable bonds is 4. The zero-order chi connectivity index (χ0) is 12.3. The second-order valence-electron chi connectivity index (χ2n) is 3.32. The molecule has 0 saturated heterocycles. The maximum absolute atomic E-state index is 5.95. The van der Waals surface area contributed by atoms with Crippen LogP contribution in [0, 0.1) is 0 Å². The van der Waals surface area contributed by atoms with Gasteiger partial charge in [-0.3, -0.25) is 0 Å². The van der Waals surface area contributed by atoms with E-state index in [0.29, 0.717) is 33.9 Å². The van der Waals surface area contributed by atoms with Crippen LogP contribution in [0.25, 0.3) is 0 Å². The van der Waals surface area contributed by atoms with E-state index in [2.05, 4.69) is 10.1 Å². The summed E-state index contributed by atoms with van der Waals surface area (Å²) in [6.45, 7) is 2.13. The Hall–Kier alpha value is -1.26. The molecule has 0 fully saturated rings. The number of nitrogens with zero attached hydrogens (tertiary/aromatic N) is 2. The highest BCUT2D eigenvalue weighted by Gasteiger charge is 2.07. The summed E-state index contributed by atoms with van der Waals surface area (Å²) in [6.07, 6.45) is 0.699. The van der Waals surface area contributed by atoms with Gasteiger partial charge in [0.15, 0.2) is 6.61 Å². The van der Waals surface area contributed by atoms with Crippen molar-refractivity contribution in [3.8, 4) is 5.75 Å². The van der Waals surface area contributed by atoms with Crippen molar-refractivity contribution in [2.24, 2.45) is 0 Å². The highest BCUT2D eigenvalue weighted by Crippen LogP contribution is 2.28. The van der Waals surface area contributed by atoms with Gasteiger partial charge in [-0.15, -0.1) is 0 Å². The van der Waals surface area contributed by atoms with Gasteiger partial charge in [0.2, 0.25) is 11.7 Å². The van der Waals surface area contributed by atoms with Crippen LogP contribution in [0.3, 0.4) is 0 Å². The van der Waals surface area contributed by atoms with Crippen molar-refractivity contribution in [3.63, 3.8) is 0 Å². The Morgan fingerprint density at radius 1 is 1.35 bits per heavy atom. The number of hydrogen-bond acceptors (Lipinski definition) is 4. The lowest BCUT2D eigenvalue weighted by Gasteiger charge is -2.05. The Labute approximate surface area is 108 Å². The number of halogens is 2. The van der Waals surface area contributed by atoms with Crippen LogP contribution < -0.4 is 4.74 Å². The summed E-state index contributed by atoms with van der Waals surface area (Å²) >= 11 is 11.8. The first kappa shape index (κ1) is 12.2. The normalized spacial score (nSPS) is 10.5. The third-order valence-corrected chi connectivity index (χ3v) is 2.61. The van der Waals surface area contributed by atoms with Crippen molar-refractivity contribution < 1.29 is 9.26 Å². The van der Waals surface area contributed by atoms with E-state index in [1.54, 1.807) is 18.2 Å². The minimum Gasteiger partial charge on any atom is -0.484 e. The van der Waals surface area contributed by atoms with Gasteiger partial charge in [-0.25, -0.2) is 0 Å². The molecule has 4 nitrogen and oxygen atoms in total. The lowest BCUT2D eigenvalue weighted by Crippen LogP contribution is -1.98. The van der Waals surface area contributed by atoms with E-state index in [9.17, 15) is 0 Å². The maximum Gasteiger partial charge on any atom is 0.226 e. The molecule has 1 aromatic carbocycles. The molecule has 0 spiro atoms.